The third kappa shape index (κ3) is 5.81. The summed E-state index contributed by atoms with van der Waals surface area (Å²) < 4.78 is 5.37. The van der Waals surface area contributed by atoms with Crippen molar-refractivity contribution in [2.45, 2.75) is 70.9 Å². The summed E-state index contributed by atoms with van der Waals surface area (Å²) in [5.41, 5.74) is 3.47. The fraction of sp³-hybridized carbons (Fsp3) is 0.414. The number of amides is 2. The van der Waals surface area contributed by atoms with Crippen LogP contribution in [0.3, 0.4) is 0 Å². The number of rotatable bonds is 7. The van der Waals surface area contributed by atoms with Crippen LogP contribution in [0.1, 0.15) is 79.8 Å². The zero-order valence-corrected chi connectivity index (χ0v) is 20.6. The van der Waals surface area contributed by atoms with Crippen LogP contribution in [-0.4, -0.2) is 35.3 Å². The summed E-state index contributed by atoms with van der Waals surface area (Å²) >= 11 is 0. The van der Waals surface area contributed by atoms with Crippen molar-refractivity contribution in [1.29, 1.82) is 0 Å². The number of carbonyl (C=O) groups excluding carboxylic acids is 3. The second-order valence-electron chi connectivity index (χ2n) is 9.38. The predicted molar refractivity (Wildman–Crippen MR) is 134 cm³/mol. The molecule has 0 saturated heterocycles. The molecule has 2 amide bonds. The van der Waals surface area contributed by atoms with Crippen LogP contribution in [0.2, 0.25) is 0 Å². The molecule has 0 bridgehead atoms. The first kappa shape index (κ1) is 24.7. The smallest absolute Gasteiger partial charge is 0.336 e. The fourth-order valence-electron chi connectivity index (χ4n) is 5.16. The summed E-state index contributed by atoms with van der Waals surface area (Å²) in [5.74, 6) is -0.864. The molecule has 6 heteroatoms. The Morgan fingerprint density at radius 1 is 1.03 bits per heavy atom. The van der Waals surface area contributed by atoms with Crippen molar-refractivity contribution in [2.24, 2.45) is 0 Å². The van der Waals surface area contributed by atoms with Crippen LogP contribution in [0, 0.1) is 0 Å². The van der Waals surface area contributed by atoms with Gasteiger partial charge >= 0.3 is 5.97 Å². The summed E-state index contributed by atoms with van der Waals surface area (Å²) in [4.78, 5) is 40.7. The van der Waals surface area contributed by atoms with Crippen molar-refractivity contribution in [3.8, 4) is 0 Å². The number of benzene rings is 2. The molecule has 1 aliphatic heterocycles. The van der Waals surface area contributed by atoms with Crippen LogP contribution in [0.4, 0.5) is 0 Å². The van der Waals surface area contributed by atoms with Gasteiger partial charge in [-0.15, -0.1) is 0 Å². The van der Waals surface area contributed by atoms with Gasteiger partial charge in [0, 0.05) is 29.6 Å². The summed E-state index contributed by atoms with van der Waals surface area (Å²) in [5, 5.41) is 3.15. The highest BCUT2D eigenvalue weighted by Crippen LogP contribution is 2.37. The maximum Gasteiger partial charge on any atom is 0.336 e. The topological polar surface area (TPSA) is 75.7 Å². The lowest BCUT2D eigenvalue weighted by atomic mass is 9.83. The average molecular weight is 475 g/mol. The van der Waals surface area contributed by atoms with E-state index in [9.17, 15) is 14.4 Å². The van der Waals surface area contributed by atoms with Crippen molar-refractivity contribution in [2.75, 3.05) is 6.61 Å². The number of carbonyl (C=O) groups is 3. The molecule has 0 aromatic heterocycles. The summed E-state index contributed by atoms with van der Waals surface area (Å²) in [6, 6.07) is 17.2. The highest BCUT2D eigenvalue weighted by Gasteiger charge is 2.36. The molecule has 0 spiro atoms. The Morgan fingerprint density at radius 3 is 2.49 bits per heavy atom. The molecule has 1 saturated carbocycles. The van der Waals surface area contributed by atoms with E-state index in [4.69, 9.17) is 4.74 Å². The van der Waals surface area contributed by atoms with E-state index in [0.29, 0.717) is 23.4 Å². The molecule has 6 nitrogen and oxygen atoms in total. The molecule has 1 aliphatic carbocycles. The maximum absolute atomic E-state index is 13.3. The second-order valence-corrected chi connectivity index (χ2v) is 9.38. The second kappa shape index (κ2) is 11.3. The Bertz CT molecular complexity index is 1100. The van der Waals surface area contributed by atoms with Crippen molar-refractivity contribution in [1.82, 2.24) is 10.2 Å². The lowest BCUT2D eigenvalue weighted by Crippen LogP contribution is -2.38. The van der Waals surface area contributed by atoms with Crippen LogP contribution in [0.25, 0.3) is 0 Å². The van der Waals surface area contributed by atoms with E-state index in [2.05, 4.69) is 5.32 Å². The normalized spacial score (nSPS) is 19.0. The molecule has 1 N–H and O–H groups in total. The lowest BCUT2D eigenvalue weighted by Gasteiger charge is -2.34. The van der Waals surface area contributed by atoms with E-state index in [1.807, 2.05) is 48.5 Å². The zero-order valence-electron chi connectivity index (χ0n) is 20.6. The Hall–Kier alpha value is -3.41. The highest BCUT2D eigenvalue weighted by molar-refractivity contribution is 5.96. The van der Waals surface area contributed by atoms with Gasteiger partial charge < -0.3 is 15.0 Å². The number of esters is 1. The molecule has 35 heavy (non-hydrogen) atoms. The minimum absolute atomic E-state index is 0.0542. The SMILES string of the molecule is CCOC(=O)C1=C(C)N(Cc2cccc(C(=O)NC3CCCCC3)c2)C(=O)CC1c1ccccc1. The molecule has 184 valence electrons. The maximum atomic E-state index is 13.3. The molecule has 1 heterocycles. The van der Waals surface area contributed by atoms with Crippen LogP contribution in [-0.2, 0) is 20.9 Å². The molecule has 4 rings (SSSR count). The number of ether oxygens (including phenoxy) is 1. The predicted octanol–water partition coefficient (Wildman–Crippen LogP) is 5.10. The van der Waals surface area contributed by atoms with Gasteiger partial charge in [-0.3, -0.25) is 9.59 Å². The minimum atomic E-state index is -0.392. The van der Waals surface area contributed by atoms with E-state index in [0.717, 1.165) is 36.8 Å². The van der Waals surface area contributed by atoms with Crippen LogP contribution in [0.5, 0.6) is 0 Å². The van der Waals surface area contributed by atoms with Gasteiger partial charge in [0.15, 0.2) is 0 Å². The third-order valence-electron chi connectivity index (χ3n) is 6.99. The summed E-state index contributed by atoms with van der Waals surface area (Å²) in [7, 11) is 0. The summed E-state index contributed by atoms with van der Waals surface area (Å²) in [6.45, 7) is 4.14. The molecule has 2 aromatic rings. The molecule has 2 aromatic carbocycles. The van der Waals surface area contributed by atoms with E-state index >= 15 is 0 Å². The van der Waals surface area contributed by atoms with Gasteiger partial charge in [-0.25, -0.2) is 4.79 Å². The van der Waals surface area contributed by atoms with Gasteiger partial charge in [0.25, 0.3) is 5.91 Å². The Labute approximate surface area is 207 Å². The molecule has 1 fully saturated rings. The van der Waals surface area contributed by atoms with Crippen molar-refractivity contribution >= 4 is 17.8 Å². The standard InChI is InChI=1S/C29H34N2O4/c1-3-35-29(34)27-20(2)31(26(32)18-25(27)22-12-6-4-7-13-22)19-21-11-10-14-23(17-21)28(33)30-24-15-8-5-9-16-24/h4,6-7,10-14,17,24-25H,3,5,8-9,15-16,18-19H2,1-2H3,(H,30,33). The Morgan fingerprint density at radius 2 is 1.77 bits per heavy atom. The minimum Gasteiger partial charge on any atom is -0.463 e. The summed E-state index contributed by atoms with van der Waals surface area (Å²) in [6.07, 6.45) is 5.78. The number of nitrogens with one attached hydrogen (secondary N) is 1. The number of hydrogen-bond acceptors (Lipinski definition) is 4. The van der Waals surface area contributed by atoms with Crippen molar-refractivity contribution in [3.63, 3.8) is 0 Å². The largest absolute Gasteiger partial charge is 0.463 e. The quantitative estimate of drug-likeness (QED) is 0.567. The average Bonchev–Trinajstić information content (AvgIpc) is 2.87. The van der Waals surface area contributed by atoms with E-state index in [1.54, 1.807) is 24.8 Å². The molecule has 0 radical (unpaired) electrons. The first-order valence-corrected chi connectivity index (χ1v) is 12.6. The van der Waals surface area contributed by atoms with Gasteiger partial charge in [0.05, 0.1) is 18.7 Å². The van der Waals surface area contributed by atoms with Gasteiger partial charge in [0.1, 0.15) is 0 Å². The van der Waals surface area contributed by atoms with Gasteiger partial charge in [0.2, 0.25) is 5.91 Å². The molecule has 1 unspecified atom stereocenters. The van der Waals surface area contributed by atoms with Gasteiger partial charge in [-0.2, -0.15) is 0 Å². The van der Waals surface area contributed by atoms with E-state index in [-0.39, 0.29) is 36.8 Å². The third-order valence-corrected chi connectivity index (χ3v) is 6.99. The van der Waals surface area contributed by atoms with E-state index < -0.39 is 5.97 Å². The van der Waals surface area contributed by atoms with E-state index in [1.165, 1.54) is 6.42 Å². The molecular weight excluding hydrogens is 440 g/mol. The first-order chi connectivity index (χ1) is 17.0. The number of hydrogen-bond donors (Lipinski definition) is 1. The van der Waals surface area contributed by atoms with Crippen LogP contribution in [0.15, 0.2) is 65.9 Å². The molecule has 2 aliphatic rings. The van der Waals surface area contributed by atoms with Crippen LogP contribution < -0.4 is 5.32 Å². The van der Waals surface area contributed by atoms with Gasteiger partial charge in [-0.05, 0) is 49.9 Å². The Balaban J connectivity index is 1.58. The zero-order chi connectivity index (χ0) is 24.8. The fourth-order valence-corrected chi connectivity index (χ4v) is 5.16. The highest BCUT2D eigenvalue weighted by atomic mass is 16.5. The van der Waals surface area contributed by atoms with Crippen LogP contribution >= 0.6 is 0 Å². The Kier molecular flexibility index (Phi) is 8.01. The molecule has 1 atom stereocenters. The van der Waals surface area contributed by atoms with Crippen molar-refractivity contribution < 1.29 is 19.1 Å². The number of nitrogens with zero attached hydrogens (tertiary/aromatic N) is 1. The monoisotopic (exact) mass is 474 g/mol. The van der Waals surface area contributed by atoms with Gasteiger partial charge in [-0.1, -0.05) is 61.7 Å². The van der Waals surface area contributed by atoms with Crippen molar-refractivity contribution in [3.05, 3.63) is 82.6 Å². The first-order valence-electron chi connectivity index (χ1n) is 12.6. The number of allylic oxidation sites excluding steroid dienone is 1. The lowest BCUT2D eigenvalue weighted by molar-refractivity contribution is -0.140. The molecular formula is C29H34N2O4.